The minimum atomic E-state index is -0.486. The first-order valence-electron chi connectivity index (χ1n) is 6.61. The van der Waals surface area contributed by atoms with Gasteiger partial charge in [-0.05, 0) is 37.7 Å². The van der Waals surface area contributed by atoms with Gasteiger partial charge in [0.1, 0.15) is 0 Å². The number of carbonyl (C=O) groups is 1. The Morgan fingerprint density at radius 3 is 2.75 bits per heavy atom. The Morgan fingerprint density at radius 1 is 1.50 bits per heavy atom. The molecule has 0 spiro atoms. The third-order valence-electron chi connectivity index (χ3n) is 3.89. The van der Waals surface area contributed by atoms with Gasteiger partial charge in [0.25, 0.3) is 11.6 Å². The van der Waals surface area contributed by atoms with Crippen molar-refractivity contribution in [2.75, 3.05) is 13.2 Å². The average molecular weight is 278 g/mol. The van der Waals surface area contributed by atoms with Crippen molar-refractivity contribution >= 4 is 11.6 Å². The van der Waals surface area contributed by atoms with Gasteiger partial charge in [-0.2, -0.15) is 0 Å². The number of nitrogens with zero attached hydrogens (tertiary/aromatic N) is 1. The van der Waals surface area contributed by atoms with Crippen LogP contribution in [0.1, 0.15) is 35.2 Å². The zero-order valence-corrected chi connectivity index (χ0v) is 11.4. The number of nitro groups is 1. The maximum Gasteiger partial charge on any atom is 0.273 e. The van der Waals surface area contributed by atoms with E-state index in [9.17, 15) is 14.9 Å². The van der Waals surface area contributed by atoms with Crippen LogP contribution in [0.4, 0.5) is 5.69 Å². The molecule has 0 unspecified atom stereocenters. The molecule has 108 valence electrons. The van der Waals surface area contributed by atoms with E-state index in [1.54, 1.807) is 19.1 Å². The highest BCUT2D eigenvalue weighted by atomic mass is 16.6. The Balaban J connectivity index is 2.03. The molecule has 2 N–H and O–H groups in total. The van der Waals surface area contributed by atoms with Gasteiger partial charge in [-0.15, -0.1) is 0 Å². The number of benzene rings is 1. The fourth-order valence-electron chi connectivity index (χ4n) is 2.25. The molecular formula is C14H18N2O4. The SMILES string of the molecule is Cc1ccc(C(=O)NCC2(CCO)CC2)cc1[N+](=O)[O-]. The summed E-state index contributed by atoms with van der Waals surface area (Å²) in [5, 5.41) is 22.6. The van der Waals surface area contributed by atoms with Gasteiger partial charge in [0.2, 0.25) is 0 Å². The summed E-state index contributed by atoms with van der Waals surface area (Å²) < 4.78 is 0. The van der Waals surface area contributed by atoms with Crippen LogP contribution < -0.4 is 5.32 Å². The molecule has 1 fully saturated rings. The summed E-state index contributed by atoms with van der Waals surface area (Å²) in [6, 6.07) is 4.47. The smallest absolute Gasteiger partial charge is 0.273 e. The van der Waals surface area contributed by atoms with Crippen molar-refractivity contribution in [2.24, 2.45) is 5.41 Å². The highest BCUT2D eigenvalue weighted by Gasteiger charge is 2.41. The van der Waals surface area contributed by atoms with Crippen molar-refractivity contribution in [1.82, 2.24) is 5.32 Å². The zero-order valence-electron chi connectivity index (χ0n) is 11.4. The van der Waals surface area contributed by atoms with E-state index >= 15 is 0 Å². The van der Waals surface area contributed by atoms with Gasteiger partial charge in [-0.3, -0.25) is 14.9 Å². The zero-order chi connectivity index (χ0) is 14.8. The number of nitrogens with one attached hydrogen (secondary N) is 1. The second-order valence-corrected chi connectivity index (χ2v) is 5.41. The summed E-state index contributed by atoms with van der Waals surface area (Å²) in [4.78, 5) is 22.4. The lowest BCUT2D eigenvalue weighted by Gasteiger charge is -2.14. The topological polar surface area (TPSA) is 92.5 Å². The van der Waals surface area contributed by atoms with E-state index in [2.05, 4.69) is 5.32 Å². The Labute approximate surface area is 117 Å². The Hall–Kier alpha value is -1.95. The van der Waals surface area contributed by atoms with Crippen molar-refractivity contribution in [1.29, 1.82) is 0 Å². The maximum absolute atomic E-state index is 12.0. The van der Waals surface area contributed by atoms with Crippen molar-refractivity contribution < 1.29 is 14.8 Å². The van der Waals surface area contributed by atoms with Crippen LogP contribution in [0.25, 0.3) is 0 Å². The molecule has 1 aliphatic carbocycles. The summed E-state index contributed by atoms with van der Waals surface area (Å²) in [5.41, 5.74) is 0.808. The van der Waals surface area contributed by atoms with E-state index in [0.717, 1.165) is 12.8 Å². The number of carbonyl (C=O) groups excluding carboxylic acids is 1. The Morgan fingerprint density at radius 2 is 2.20 bits per heavy atom. The molecule has 0 aromatic heterocycles. The molecule has 0 atom stereocenters. The van der Waals surface area contributed by atoms with Gasteiger partial charge in [-0.25, -0.2) is 0 Å². The molecule has 1 aromatic carbocycles. The van der Waals surface area contributed by atoms with Crippen LogP contribution in [-0.2, 0) is 0 Å². The van der Waals surface area contributed by atoms with Gasteiger partial charge >= 0.3 is 0 Å². The molecule has 6 nitrogen and oxygen atoms in total. The van der Waals surface area contributed by atoms with Crippen LogP contribution in [0.3, 0.4) is 0 Å². The van der Waals surface area contributed by atoms with E-state index in [-0.39, 0.29) is 23.6 Å². The number of hydrogen-bond donors (Lipinski definition) is 2. The second kappa shape index (κ2) is 5.58. The summed E-state index contributed by atoms with van der Waals surface area (Å²) >= 11 is 0. The van der Waals surface area contributed by atoms with E-state index in [4.69, 9.17) is 5.11 Å². The van der Waals surface area contributed by atoms with Gasteiger partial charge < -0.3 is 10.4 Å². The van der Waals surface area contributed by atoms with Crippen LogP contribution in [0, 0.1) is 22.5 Å². The Kier molecular flexibility index (Phi) is 4.04. The van der Waals surface area contributed by atoms with Crippen LogP contribution in [0.5, 0.6) is 0 Å². The van der Waals surface area contributed by atoms with Gasteiger partial charge in [0, 0.05) is 30.3 Å². The quantitative estimate of drug-likeness (QED) is 0.613. The fourth-order valence-corrected chi connectivity index (χ4v) is 2.25. The number of rotatable bonds is 6. The number of hydrogen-bond acceptors (Lipinski definition) is 4. The predicted molar refractivity (Wildman–Crippen MR) is 73.5 cm³/mol. The molecule has 1 aliphatic rings. The summed E-state index contributed by atoms with van der Waals surface area (Å²) in [6.45, 7) is 2.26. The second-order valence-electron chi connectivity index (χ2n) is 5.41. The van der Waals surface area contributed by atoms with Crippen LogP contribution in [0.2, 0.25) is 0 Å². The fraction of sp³-hybridized carbons (Fsp3) is 0.500. The number of aliphatic hydroxyl groups is 1. The van der Waals surface area contributed by atoms with Gasteiger partial charge in [0.15, 0.2) is 0 Å². The van der Waals surface area contributed by atoms with E-state index in [1.807, 2.05) is 0 Å². The molecule has 0 bridgehead atoms. The minimum Gasteiger partial charge on any atom is -0.396 e. The molecule has 1 aromatic rings. The third kappa shape index (κ3) is 3.14. The highest BCUT2D eigenvalue weighted by Crippen LogP contribution is 2.47. The number of aryl methyl sites for hydroxylation is 1. The molecule has 6 heteroatoms. The molecule has 1 saturated carbocycles. The van der Waals surface area contributed by atoms with Crippen LogP contribution >= 0.6 is 0 Å². The van der Waals surface area contributed by atoms with Gasteiger partial charge in [0.05, 0.1) is 4.92 Å². The average Bonchev–Trinajstić information content (AvgIpc) is 3.17. The first kappa shape index (κ1) is 14.5. The molecule has 20 heavy (non-hydrogen) atoms. The Bertz CT molecular complexity index is 538. The standard InChI is InChI=1S/C14H18N2O4/c1-10-2-3-11(8-12(10)16(19)20)13(18)15-9-14(4-5-14)6-7-17/h2-3,8,17H,4-7,9H2,1H3,(H,15,18). The van der Waals surface area contributed by atoms with Crippen molar-refractivity contribution in [3.05, 3.63) is 39.4 Å². The van der Waals surface area contributed by atoms with Gasteiger partial charge in [-0.1, -0.05) is 6.07 Å². The monoisotopic (exact) mass is 278 g/mol. The molecule has 1 amide bonds. The lowest BCUT2D eigenvalue weighted by atomic mass is 10.0. The molecule has 0 heterocycles. The number of amides is 1. The normalized spacial score (nSPS) is 15.7. The summed E-state index contributed by atoms with van der Waals surface area (Å²) in [6.07, 6.45) is 2.69. The minimum absolute atomic E-state index is 0.0288. The largest absolute Gasteiger partial charge is 0.396 e. The number of nitro benzene ring substituents is 1. The molecule has 0 aliphatic heterocycles. The van der Waals surface area contributed by atoms with Crippen LogP contribution in [0.15, 0.2) is 18.2 Å². The van der Waals surface area contributed by atoms with Crippen molar-refractivity contribution in [3.8, 4) is 0 Å². The number of aliphatic hydroxyl groups excluding tert-OH is 1. The third-order valence-corrected chi connectivity index (χ3v) is 3.89. The predicted octanol–water partition coefficient (Wildman–Crippen LogP) is 1.80. The van der Waals surface area contributed by atoms with Crippen LogP contribution in [-0.4, -0.2) is 29.1 Å². The molecular weight excluding hydrogens is 260 g/mol. The molecule has 0 saturated heterocycles. The lowest BCUT2D eigenvalue weighted by molar-refractivity contribution is -0.385. The molecule has 0 radical (unpaired) electrons. The van der Waals surface area contributed by atoms with E-state index < -0.39 is 4.92 Å². The van der Waals surface area contributed by atoms with Crippen molar-refractivity contribution in [2.45, 2.75) is 26.2 Å². The maximum atomic E-state index is 12.0. The first-order valence-corrected chi connectivity index (χ1v) is 6.61. The summed E-state index contributed by atoms with van der Waals surface area (Å²) in [5.74, 6) is -0.308. The van der Waals surface area contributed by atoms with E-state index in [0.29, 0.717) is 24.1 Å². The highest BCUT2D eigenvalue weighted by molar-refractivity contribution is 5.95. The molecule has 2 rings (SSSR count). The van der Waals surface area contributed by atoms with E-state index in [1.165, 1.54) is 6.07 Å². The lowest BCUT2D eigenvalue weighted by Crippen LogP contribution is -2.30. The summed E-state index contributed by atoms with van der Waals surface area (Å²) in [7, 11) is 0. The van der Waals surface area contributed by atoms with Crippen molar-refractivity contribution in [3.63, 3.8) is 0 Å². The first-order chi connectivity index (χ1) is 9.47.